The minimum atomic E-state index is -0.556. The van der Waals surface area contributed by atoms with Gasteiger partial charge in [0.05, 0.1) is 6.26 Å². The van der Waals surface area contributed by atoms with Gasteiger partial charge in [-0.1, -0.05) is 0 Å². The van der Waals surface area contributed by atoms with Gasteiger partial charge in [-0.15, -0.1) is 0 Å². The van der Waals surface area contributed by atoms with E-state index in [-0.39, 0.29) is 0 Å². The zero-order chi connectivity index (χ0) is 6.04. The van der Waals surface area contributed by atoms with Gasteiger partial charge in [0.15, 0.2) is 11.9 Å². The van der Waals surface area contributed by atoms with Crippen molar-refractivity contribution in [2.75, 3.05) is 0 Å². The number of aldehydes is 1. The van der Waals surface area contributed by atoms with Gasteiger partial charge >= 0.3 is 0 Å². The fourth-order valence-electron chi connectivity index (χ4n) is 0.610. The zero-order valence-corrected chi connectivity index (χ0v) is 4.76. The lowest BCUT2D eigenvalue weighted by molar-refractivity contribution is -0.121. The van der Waals surface area contributed by atoms with Gasteiger partial charge in [-0.25, -0.2) is 0 Å². The summed E-state index contributed by atoms with van der Waals surface area (Å²) in [6.45, 7) is 1.76. The fourth-order valence-corrected chi connectivity index (χ4v) is 0.610. The maximum atomic E-state index is 10.2. The summed E-state index contributed by atoms with van der Waals surface area (Å²) in [4.78, 5) is 10.2. The summed E-state index contributed by atoms with van der Waals surface area (Å²) in [5.41, 5.74) is -0.556. The van der Waals surface area contributed by atoms with Gasteiger partial charge in [-0.3, -0.25) is 4.79 Å². The summed E-state index contributed by atoms with van der Waals surface area (Å²) >= 11 is 0. The van der Waals surface area contributed by atoms with E-state index in [1.807, 2.05) is 6.08 Å². The average molecular weight is 112 g/mol. The molecule has 1 atom stereocenters. The van der Waals surface area contributed by atoms with E-state index >= 15 is 0 Å². The van der Waals surface area contributed by atoms with E-state index < -0.39 is 5.60 Å². The average Bonchev–Trinajstić information content (AvgIpc) is 2.17. The Kier molecular flexibility index (Phi) is 1.08. The van der Waals surface area contributed by atoms with Crippen molar-refractivity contribution >= 4 is 6.29 Å². The predicted octanol–water partition coefficient (Wildman–Crippen LogP) is 0.878. The normalized spacial score (nSPS) is 34.6. The smallest absolute Gasteiger partial charge is 0.164 e. The Bertz CT molecular complexity index is 118. The van der Waals surface area contributed by atoms with E-state index in [1.165, 1.54) is 0 Å². The Hall–Kier alpha value is -0.790. The lowest BCUT2D eigenvalue weighted by Crippen LogP contribution is -2.23. The van der Waals surface area contributed by atoms with Gasteiger partial charge < -0.3 is 4.74 Å². The van der Waals surface area contributed by atoms with Crippen LogP contribution in [0.15, 0.2) is 12.3 Å². The summed E-state index contributed by atoms with van der Waals surface area (Å²) in [5, 5.41) is 0. The van der Waals surface area contributed by atoms with Crippen molar-refractivity contribution < 1.29 is 9.53 Å². The molecular formula is C6H8O2. The van der Waals surface area contributed by atoms with E-state index in [9.17, 15) is 4.79 Å². The molecule has 1 unspecified atom stereocenters. The maximum Gasteiger partial charge on any atom is 0.164 e. The summed E-state index contributed by atoms with van der Waals surface area (Å²) in [7, 11) is 0. The van der Waals surface area contributed by atoms with Crippen molar-refractivity contribution in [2.24, 2.45) is 0 Å². The molecule has 0 bridgehead atoms. The van der Waals surface area contributed by atoms with Crippen LogP contribution in [-0.2, 0) is 9.53 Å². The molecule has 0 spiro atoms. The second-order valence-corrected chi connectivity index (χ2v) is 2.12. The minimum Gasteiger partial charge on any atom is -0.488 e. The molecule has 0 fully saturated rings. The first-order chi connectivity index (χ1) is 3.77. The first-order valence-corrected chi connectivity index (χ1v) is 2.56. The Morgan fingerprint density at radius 3 is 2.88 bits per heavy atom. The molecule has 1 rings (SSSR count). The molecule has 2 heteroatoms. The monoisotopic (exact) mass is 112 g/mol. The van der Waals surface area contributed by atoms with Crippen LogP contribution in [0.3, 0.4) is 0 Å². The Morgan fingerprint density at radius 2 is 2.62 bits per heavy atom. The highest BCUT2D eigenvalue weighted by Gasteiger charge is 2.25. The molecule has 0 saturated heterocycles. The van der Waals surface area contributed by atoms with Gasteiger partial charge in [0.25, 0.3) is 0 Å². The fraction of sp³-hybridized carbons (Fsp3) is 0.500. The van der Waals surface area contributed by atoms with E-state index in [2.05, 4.69) is 0 Å². The number of carbonyl (C=O) groups is 1. The van der Waals surface area contributed by atoms with Crippen LogP contribution in [-0.4, -0.2) is 11.9 Å². The molecule has 1 heterocycles. The van der Waals surface area contributed by atoms with Gasteiger partial charge in [0.2, 0.25) is 0 Å². The minimum absolute atomic E-state index is 0.556. The van der Waals surface area contributed by atoms with Gasteiger partial charge in [-0.05, 0) is 13.0 Å². The lowest BCUT2D eigenvalue weighted by Gasteiger charge is -2.13. The van der Waals surface area contributed by atoms with Gasteiger partial charge in [0, 0.05) is 6.42 Å². The lowest BCUT2D eigenvalue weighted by atomic mass is 10.1. The standard InChI is InChI=1S/C6H8O2/c1-6(5-7)3-2-4-8-6/h2,4-5H,3H2,1H3. The second kappa shape index (κ2) is 1.62. The van der Waals surface area contributed by atoms with Crippen molar-refractivity contribution in [2.45, 2.75) is 18.9 Å². The number of hydrogen-bond acceptors (Lipinski definition) is 2. The molecule has 0 aliphatic carbocycles. The number of carbonyl (C=O) groups excluding carboxylic acids is 1. The number of ether oxygens (including phenoxy) is 1. The highest BCUT2D eigenvalue weighted by Crippen LogP contribution is 2.18. The number of rotatable bonds is 1. The first-order valence-electron chi connectivity index (χ1n) is 2.56. The van der Waals surface area contributed by atoms with E-state index in [1.54, 1.807) is 13.2 Å². The SMILES string of the molecule is CC1(C=O)CC=CO1. The predicted molar refractivity (Wildman–Crippen MR) is 29.3 cm³/mol. The maximum absolute atomic E-state index is 10.2. The molecule has 8 heavy (non-hydrogen) atoms. The molecule has 44 valence electrons. The Labute approximate surface area is 48.1 Å². The summed E-state index contributed by atoms with van der Waals surface area (Å²) < 4.78 is 4.94. The molecule has 1 aliphatic heterocycles. The van der Waals surface area contributed by atoms with Crippen LogP contribution >= 0.6 is 0 Å². The topological polar surface area (TPSA) is 26.3 Å². The third-order valence-electron chi connectivity index (χ3n) is 1.21. The van der Waals surface area contributed by atoms with E-state index in [0.29, 0.717) is 6.42 Å². The molecule has 1 aliphatic rings. The Morgan fingerprint density at radius 1 is 1.88 bits per heavy atom. The van der Waals surface area contributed by atoms with E-state index in [0.717, 1.165) is 6.29 Å². The third kappa shape index (κ3) is 0.735. The van der Waals surface area contributed by atoms with Crippen molar-refractivity contribution in [3.05, 3.63) is 12.3 Å². The van der Waals surface area contributed by atoms with Crippen LogP contribution in [0, 0.1) is 0 Å². The summed E-state index contributed by atoms with van der Waals surface area (Å²) in [6.07, 6.45) is 4.94. The zero-order valence-electron chi connectivity index (χ0n) is 4.76. The molecular weight excluding hydrogens is 104 g/mol. The van der Waals surface area contributed by atoms with Crippen molar-refractivity contribution in [1.82, 2.24) is 0 Å². The highest BCUT2D eigenvalue weighted by molar-refractivity contribution is 5.62. The quantitative estimate of drug-likeness (QED) is 0.470. The van der Waals surface area contributed by atoms with Crippen LogP contribution in [0.2, 0.25) is 0 Å². The van der Waals surface area contributed by atoms with Crippen LogP contribution in [0.4, 0.5) is 0 Å². The molecule has 0 N–H and O–H groups in total. The van der Waals surface area contributed by atoms with Crippen LogP contribution in [0.5, 0.6) is 0 Å². The van der Waals surface area contributed by atoms with Crippen LogP contribution in [0.1, 0.15) is 13.3 Å². The largest absolute Gasteiger partial charge is 0.488 e. The summed E-state index contributed by atoms with van der Waals surface area (Å²) in [5.74, 6) is 0. The van der Waals surface area contributed by atoms with Crippen molar-refractivity contribution in [3.63, 3.8) is 0 Å². The number of hydrogen-bond donors (Lipinski definition) is 0. The second-order valence-electron chi connectivity index (χ2n) is 2.12. The molecule has 0 saturated carbocycles. The summed E-state index contributed by atoms with van der Waals surface area (Å²) in [6, 6.07) is 0. The van der Waals surface area contributed by atoms with Gasteiger partial charge in [0.1, 0.15) is 0 Å². The van der Waals surface area contributed by atoms with Crippen LogP contribution in [0.25, 0.3) is 0 Å². The Balaban J connectivity index is 2.58. The molecule has 0 aromatic heterocycles. The highest BCUT2D eigenvalue weighted by atomic mass is 16.5. The third-order valence-corrected chi connectivity index (χ3v) is 1.21. The van der Waals surface area contributed by atoms with Crippen molar-refractivity contribution in [1.29, 1.82) is 0 Å². The molecule has 0 aromatic carbocycles. The molecule has 0 amide bonds. The molecule has 2 nitrogen and oxygen atoms in total. The van der Waals surface area contributed by atoms with Gasteiger partial charge in [-0.2, -0.15) is 0 Å². The molecule has 0 radical (unpaired) electrons. The van der Waals surface area contributed by atoms with E-state index in [4.69, 9.17) is 4.74 Å². The first kappa shape index (κ1) is 5.35. The van der Waals surface area contributed by atoms with Crippen LogP contribution < -0.4 is 0 Å². The molecule has 0 aromatic rings. The van der Waals surface area contributed by atoms with Crippen molar-refractivity contribution in [3.8, 4) is 0 Å².